The third-order valence-electron chi connectivity index (χ3n) is 4.95. The van der Waals surface area contributed by atoms with E-state index in [0.717, 1.165) is 11.4 Å². The minimum Gasteiger partial charge on any atom is -0.272 e. The topological polar surface area (TPSA) is 92.9 Å². The van der Waals surface area contributed by atoms with Crippen molar-refractivity contribution in [1.82, 2.24) is 5.01 Å². The van der Waals surface area contributed by atoms with Crippen molar-refractivity contribution in [2.45, 2.75) is 6.42 Å². The molecule has 1 saturated carbocycles. The van der Waals surface area contributed by atoms with E-state index in [1.54, 1.807) is 0 Å². The summed E-state index contributed by atoms with van der Waals surface area (Å²) in [5.41, 5.74) is 0.142. The van der Waals surface area contributed by atoms with Crippen LogP contribution in [0, 0.1) is 33.8 Å². The lowest BCUT2D eigenvalue weighted by Crippen LogP contribution is -2.28. The van der Waals surface area contributed by atoms with Gasteiger partial charge in [-0.05, 0) is 24.3 Å². The number of rotatable bonds is 3. The molecule has 122 valence electrons. The van der Waals surface area contributed by atoms with E-state index in [-0.39, 0.29) is 51.8 Å². The van der Waals surface area contributed by atoms with E-state index in [9.17, 15) is 19.7 Å². The quantitative estimate of drug-likeness (QED) is 0.276. The highest BCUT2D eigenvalue weighted by molar-refractivity contribution is 6.33. The van der Waals surface area contributed by atoms with E-state index in [4.69, 9.17) is 11.6 Å². The van der Waals surface area contributed by atoms with Crippen LogP contribution in [0.2, 0.25) is 5.02 Å². The molecule has 4 unspecified atom stereocenters. The first-order valence-corrected chi connectivity index (χ1v) is 7.89. The number of amides is 2. The van der Waals surface area contributed by atoms with Gasteiger partial charge in [-0.15, -0.1) is 0 Å². The number of nitro groups is 1. The van der Waals surface area contributed by atoms with Crippen LogP contribution in [0.1, 0.15) is 12.0 Å². The van der Waals surface area contributed by atoms with Crippen molar-refractivity contribution in [3.05, 3.63) is 51.1 Å². The summed E-state index contributed by atoms with van der Waals surface area (Å²) < 4.78 is 0. The number of allylic oxidation sites excluding steroid dienone is 2. The minimum absolute atomic E-state index is 0.109. The molecule has 4 rings (SSSR count). The molecular formula is C16H12ClN3O4. The lowest BCUT2D eigenvalue weighted by molar-refractivity contribution is -0.384. The summed E-state index contributed by atoms with van der Waals surface area (Å²) in [6, 6.07) is 3.91. The fourth-order valence-corrected chi connectivity index (χ4v) is 4.03. The lowest BCUT2D eigenvalue weighted by atomic mass is 9.85. The number of carbonyl (C=O) groups is 2. The molecule has 1 saturated heterocycles. The van der Waals surface area contributed by atoms with Crippen LogP contribution in [0.25, 0.3) is 0 Å². The third kappa shape index (κ3) is 2.08. The smallest absolute Gasteiger partial charge is 0.270 e. The third-order valence-corrected chi connectivity index (χ3v) is 5.29. The van der Waals surface area contributed by atoms with E-state index < -0.39 is 4.92 Å². The zero-order chi connectivity index (χ0) is 17.0. The van der Waals surface area contributed by atoms with E-state index in [0.29, 0.717) is 0 Å². The molecular weight excluding hydrogens is 334 g/mol. The number of hydrogen-bond donors (Lipinski definition) is 0. The molecule has 1 aromatic rings. The van der Waals surface area contributed by atoms with Gasteiger partial charge in [-0.1, -0.05) is 23.8 Å². The van der Waals surface area contributed by atoms with Crippen molar-refractivity contribution in [2.24, 2.45) is 28.8 Å². The Morgan fingerprint density at radius 1 is 1.21 bits per heavy atom. The van der Waals surface area contributed by atoms with Crippen molar-refractivity contribution in [1.29, 1.82) is 0 Å². The number of nitrogens with zero attached hydrogens (tertiary/aromatic N) is 3. The van der Waals surface area contributed by atoms with Crippen LogP contribution in [0.4, 0.5) is 5.69 Å². The van der Waals surface area contributed by atoms with Gasteiger partial charge in [0.2, 0.25) is 0 Å². The molecule has 0 radical (unpaired) electrons. The molecule has 2 aliphatic carbocycles. The zero-order valence-electron chi connectivity index (χ0n) is 12.3. The summed E-state index contributed by atoms with van der Waals surface area (Å²) in [4.78, 5) is 35.3. The number of hydrazone groups is 1. The molecule has 7 nitrogen and oxygen atoms in total. The molecule has 0 aromatic heterocycles. The van der Waals surface area contributed by atoms with Gasteiger partial charge in [0.05, 0.1) is 23.0 Å². The zero-order valence-corrected chi connectivity index (χ0v) is 13.1. The Morgan fingerprint density at radius 3 is 2.42 bits per heavy atom. The van der Waals surface area contributed by atoms with Crippen LogP contribution in [0.5, 0.6) is 0 Å². The molecule has 24 heavy (non-hydrogen) atoms. The molecule has 8 heteroatoms. The molecule has 2 fully saturated rings. The van der Waals surface area contributed by atoms with E-state index >= 15 is 0 Å². The first-order chi connectivity index (χ1) is 11.5. The number of nitro benzene ring substituents is 1. The van der Waals surface area contributed by atoms with Crippen LogP contribution < -0.4 is 0 Å². The van der Waals surface area contributed by atoms with Crippen molar-refractivity contribution in [3.63, 3.8) is 0 Å². The minimum atomic E-state index is -0.548. The number of halogens is 1. The van der Waals surface area contributed by atoms with Crippen LogP contribution >= 0.6 is 11.6 Å². The maximum Gasteiger partial charge on any atom is 0.270 e. The molecule has 2 amide bonds. The maximum absolute atomic E-state index is 12.5. The summed E-state index contributed by atoms with van der Waals surface area (Å²) in [6.07, 6.45) is 6.08. The number of hydrogen-bond acceptors (Lipinski definition) is 5. The molecule has 0 N–H and O–H groups in total. The van der Waals surface area contributed by atoms with Gasteiger partial charge in [-0.3, -0.25) is 19.7 Å². The number of carbonyl (C=O) groups excluding carboxylic acids is 2. The van der Waals surface area contributed by atoms with Gasteiger partial charge in [0.25, 0.3) is 17.5 Å². The first-order valence-electron chi connectivity index (χ1n) is 7.51. The molecule has 1 aromatic carbocycles. The highest BCUT2D eigenvalue weighted by Crippen LogP contribution is 2.52. The second-order valence-electron chi connectivity index (χ2n) is 6.20. The van der Waals surface area contributed by atoms with Gasteiger partial charge in [-0.25, -0.2) is 0 Å². The van der Waals surface area contributed by atoms with Crippen molar-refractivity contribution < 1.29 is 14.5 Å². The van der Waals surface area contributed by atoms with Crippen LogP contribution in [-0.4, -0.2) is 28.0 Å². The number of benzene rings is 1. The Kier molecular flexibility index (Phi) is 3.28. The van der Waals surface area contributed by atoms with Gasteiger partial charge in [0, 0.05) is 22.7 Å². The molecule has 1 heterocycles. The largest absolute Gasteiger partial charge is 0.272 e. The Balaban J connectivity index is 1.61. The summed E-state index contributed by atoms with van der Waals surface area (Å²) >= 11 is 6.00. The fraction of sp³-hybridized carbons (Fsp3) is 0.312. The summed E-state index contributed by atoms with van der Waals surface area (Å²) in [5, 5.41) is 15.9. The Bertz CT molecular complexity index is 805. The monoisotopic (exact) mass is 345 g/mol. The maximum atomic E-state index is 12.5. The van der Waals surface area contributed by atoms with Crippen molar-refractivity contribution in [2.75, 3.05) is 0 Å². The predicted octanol–water partition coefficient (Wildman–Crippen LogP) is 2.39. The van der Waals surface area contributed by atoms with Crippen molar-refractivity contribution >= 4 is 35.3 Å². The highest BCUT2D eigenvalue weighted by Gasteiger charge is 2.59. The summed E-state index contributed by atoms with van der Waals surface area (Å²) in [6.45, 7) is 0. The van der Waals surface area contributed by atoms with E-state index in [1.165, 1.54) is 24.4 Å². The van der Waals surface area contributed by atoms with E-state index in [2.05, 4.69) is 5.10 Å². The summed E-state index contributed by atoms with van der Waals surface area (Å²) in [7, 11) is 0. The molecule has 1 aliphatic heterocycles. The molecule has 3 aliphatic rings. The molecule has 2 bridgehead atoms. The average Bonchev–Trinajstić information content (AvgIpc) is 3.22. The highest BCUT2D eigenvalue weighted by atomic mass is 35.5. The first kappa shape index (κ1) is 15.0. The molecule has 0 spiro atoms. The second-order valence-corrected chi connectivity index (χ2v) is 6.60. The second kappa shape index (κ2) is 5.24. The Hall–Kier alpha value is -2.54. The molecule has 4 atom stereocenters. The van der Waals surface area contributed by atoms with Gasteiger partial charge in [0.1, 0.15) is 0 Å². The van der Waals surface area contributed by atoms with Gasteiger partial charge in [-0.2, -0.15) is 10.1 Å². The van der Waals surface area contributed by atoms with E-state index in [1.807, 2.05) is 12.2 Å². The van der Waals surface area contributed by atoms with Crippen LogP contribution in [0.3, 0.4) is 0 Å². The SMILES string of the molecule is O=C1C2C3C=CC(C3)C2C(=O)N1N=Cc1cc([N+](=O)[O-])ccc1Cl. The van der Waals surface area contributed by atoms with Crippen molar-refractivity contribution in [3.8, 4) is 0 Å². The van der Waals surface area contributed by atoms with Gasteiger partial charge in [0.15, 0.2) is 0 Å². The normalized spacial score (nSPS) is 30.6. The van der Waals surface area contributed by atoms with Crippen LogP contribution in [-0.2, 0) is 9.59 Å². The lowest BCUT2D eigenvalue weighted by Gasteiger charge is -2.13. The van der Waals surface area contributed by atoms with Crippen LogP contribution in [0.15, 0.2) is 35.5 Å². The number of imide groups is 1. The number of fused-ring (bicyclic) bond motifs is 5. The predicted molar refractivity (Wildman–Crippen MR) is 85.3 cm³/mol. The number of non-ortho nitro benzene ring substituents is 1. The van der Waals surface area contributed by atoms with Gasteiger partial charge >= 0.3 is 0 Å². The fourth-order valence-electron chi connectivity index (χ4n) is 3.86. The Morgan fingerprint density at radius 2 is 1.83 bits per heavy atom. The Labute approximate surface area is 141 Å². The standard InChI is InChI=1S/C16H12ClN3O4/c17-12-4-3-11(20(23)24)6-10(12)7-18-19-15(21)13-8-1-2-9(5-8)14(13)16(19)22/h1-4,6-9,13-14H,5H2. The summed E-state index contributed by atoms with van der Waals surface area (Å²) in [5.74, 6) is -1.05. The average molecular weight is 346 g/mol. The van der Waals surface area contributed by atoms with Gasteiger partial charge < -0.3 is 0 Å².